The molecule has 1 atom stereocenters. The van der Waals surface area contributed by atoms with Gasteiger partial charge < -0.3 is 9.47 Å². The summed E-state index contributed by atoms with van der Waals surface area (Å²) in [5.74, 6) is 0. The van der Waals surface area contributed by atoms with E-state index in [1.165, 1.54) is 4.31 Å². The first-order valence-corrected chi connectivity index (χ1v) is 11.1. The zero-order valence-electron chi connectivity index (χ0n) is 15.6. The standard InChI is InChI=1S/C17H24F3N5O2S/c1-28(26,27)23-9-5-13(6-10-23)25-15-12(4-8-22-7-2-3-14(15)22)11-24(16(25)21)17(18,19)20/h2-3,7,13,16H,4-6,8-11,21H2,1H3. The van der Waals surface area contributed by atoms with E-state index < -0.39 is 22.6 Å². The highest BCUT2D eigenvalue weighted by molar-refractivity contribution is 7.88. The fourth-order valence-corrected chi connectivity index (χ4v) is 5.39. The Balaban J connectivity index is 1.70. The van der Waals surface area contributed by atoms with Gasteiger partial charge in [-0.05, 0) is 37.0 Å². The molecule has 7 nitrogen and oxygen atoms in total. The maximum Gasteiger partial charge on any atom is 0.462 e. The molecule has 4 heterocycles. The lowest BCUT2D eigenvalue weighted by Gasteiger charge is -2.51. The highest BCUT2D eigenvalue weighted by Crippen LogP contribution is 2.41. The summed E-state index contributed by atoms with van der Waals surface area (Å²) in [6, 6.07) is 3.53. The highest BCUT2D eigenvalue weighted by Gasteiger charge is 2.49. The van der Waals surface area contributed by atoms with Crippen molar-refractivity contribution in [2.45, 2.75) is 44.4 Å². The number of halogens is 3. The van der Waals surface area contributed by atoms with Crippen molar-refractivity contribution in [1.82, 2.24) is 18.7 Å². The number of hydrogen-bond donors (Lipinski definition) is 1. The number of sulfonamides is 1. The van der Waals surface area contributed by atoms with Crippen LogP contribution >= 0.6 is 0 Å². The molecule has 3 aliphatic heterocycles. The second-order valence-corrected chi connectivity index (χ2v) is 9.58. The minimum Gasteiger partial charge on any atom is -0.346 e. The molecule has 0 amide bonds. The van der Waals surface area contributed by atoms with Crippen LogP contribution in [0.15, 0.2) is 23.9 Å². The van der Waals surface area contributed by atoms with Crippen molar-refractivity contribution in [3.05, 3.63) is 29.6 Å². The van der Waals surface area contributed by atoms with Crippen molar-refractivity contribution >= 4 is 15.7 Å². The predicted molar refractivity (Wildman–Crippen MR) is 98.0 cm³/mol. The molecule has 156 valence electrons. The summed E-state index contributed by atoms with van der Waals surface area (Å²) in [5, 5.41) is 0. The Morgan fingerprint density at radius 1 is 1.18 bits per heavy atom. The van der Waals surface area contributed by atoms with Gasteiger partial charge in [0.15, 0.2) is 0 Å². The predicted octanol–water partition coefficient (Wildman–Crippen LogP) is 1.41. The lowest BCUT2D eigenvalue weighted by Crippen LogP contribution is -2.65. The first kappa shape index (κ1) is 19.7. The molecule has 0 aromatic carbocycles. The molecule has 3 aliphatic rings. The Morgan fingerprint density at radius 2 is 1.86 bits per heavy atom. The fraction of sp³-hybridized carbons (Fsp3) is 0.647. The summed E-state index contributed by atoms with van der Waals surface area (Å²) in [4.78, 5) is 2.06. The van der Waals surface area contributed by atoms with Crippen molar-refractivity contribution in [3.8, 4) is 0 Å². The Labute approximate surface area is 162 Å². The van der Waals surface area contributed by atoms with E-state index in [0.717, 1.165) is 23.2 Å². The third kappa shape index (κ3) is 3.34. The van der Waals surface area contributed by atoms with E-state index in [1.807, 2.05) is 22.9 Å². The lowest BCUT2D eigenvalue weighted by atomic mass is 9.95. The molecular weight excluding hydrogens is 395 g/mol. The zero-order chi connectivity index (χ0) is 20.3. The number of aromatic nitrogens is 1. The van der Waals surface area contributed by atoms with Crippen molar-refractivity contribution < 1.29 is 21.6 Å². The highest BCUT2D eigenvalue weighted by atomic mass is 32.2. The van der Waals surface area contributed by atoms with Gasteiger partial charge in [-0.25, -0.2) is 12.7 Å². The number of alkyl halides is 3. The van der Waals surface area contributed by atoms with E-state index in [9.17, 15) is 21.6 Å². The normalized spacial score (nSPS) is 25.8. The summed E-state index contributed by atoms with van der Waals surface area (Å²) in [6.45, 7) is 0.969. The molecule has 28 heavy (non-hydrogen) atoms. The van der Waals surface area contributed by atoms with Crippen LogP contribution in [0.4, 0.5) is 13.2 Å². The molecule has 0 radical (unpaired) electrons. The Morgan fingerprint density at radius 3 is 2.46 bits per heavy atom. The molecule has 1 fully saturated rings. The summed E-state index contributed by atoms with van der Waals surface area (Å²) >= 11 is 0. The molecule has 0 spiro atoms. The van der Waals surface area contributed by atoms with Crippen molar-refractivity contribution in [2.24, 2.45) is 5.73 Å². The van der Waals surface area contributed by atoms with Crippen LogP contribution < -0.4 is 5.73 Å². The molecule has 0 aliphatic carbocycles. The largest absolute Gasteiger partial charge is 0.462 e. The number of rotatable bonds is 2. The first-order valence-electron chi connectivity index (χ1n) is 9.27. The van der Waals surface area contributed by atoms with Gasteiger partial charge in [0.1, 0.15) is 6.29 Å². The molecule has 0 saturated carbocycles. The van der Waals surface area contributed by atoms with E-state index in [1.54, 1.807) is 4.90 Å². The van der Waals surface area contributed by atoms with Crippen LogP contribution in [0.2, 0.25) is 0 Å². The summed E-state index contributed by atoms with van der Waals surface area (Å²) in [5.41, 5.74) is 8.54. The van der Waals surface area contributed by atoms with Gasteiger partial charge in [-0.15, -0.1) is 0 Å². The van der Waals surface area contributed by atoms with Crippen molar-refractivity contribution in [3.63, 3.8) is 0 Å². The number of piperidine rings is 1. The van der Waals surface area contributed by atoms with Gasteiger partial charge in [0.05, 0.1) is 17.6 Å². The zero-order valence-corrected chi connectivity index (χ0v) is 16.4. The minimum absolute atomic E-state index is 0.232. The van der Waals surface area contributed by atoms with Crippen LogP contribution in [0.25, 0.3) is 5.70 Å². The van der Waals surface area contributed by atoms with Crippen LogP contribution in [0.3, 0.4) is 0 Å². The van der Waals surface area contributed by atoms with Crippen LogP contribution in [0.5, 0.6) is 0 Å². The van der Waals surface area contributed by atoms with E-state index in [4.69, 9.17) is 5.73 Å². The molecule has 2 N–H and O–H groups in total. The molecule has 11 heteroatoms. The molecular formula is C17H24F3N5O2S. The molecule has 0 bridgehead atoms. The topological polar surface area (TPSA) is 74.8 Å². The number of nitrogens with two attached hydrogens (primary N) is 1. The average Bonchev–Trinajstić information content (AvgIpc) is 3.08. The Hall–Kier alpha value is -1.56. The third-order valence-electron chi connectivity index (χ3n) is 5.90. The number of fused-ring (bicyclic) bond motifs is 2. The first-order chi connectivity index (χ1) is 13.1. The number of hydrogen-bond acceptors (Lipinski definition) is 5. The van der Waals surface area contributed by atoms with E-state index >= 15 is 0 Å². The fourth-order valence-electron chi connectivity index (χ4n) is 4.52. The van der Waals surface area contributed by atoms with Crippen molar-refractivity contribution in [2.75, 3.05) is 25.9 Å². The van der Waals surface area contributed by atoms with Crippen LogP contribution in [0.1, 0.15) is 25.0 Å². The Kier molecular flexibility index (Phi) is 4.76. The van der Waals surface area contributed by atoms with Crippen LogP contribution in [0, 0.1) is 0 Å². The van der Waals surface area contributed by atoms with E-state index in [-0.39, 0.29) is 25.7 Å². The summed E-state index contributed by atoms with van der Waals surface area (Å²) < 4.78 is 67.9. The van der Waals surface area contributed by atoms with Gasteiger partial charge >= 0.3 is 6.30 Å². The monoisotopic (exact) mass is 419 g/mol. The van der Waals surface area contributed by atoms with Gasteiger partial charge in [0.2, 0.25) is 10.0 Å². The average molecular weight is 419 g/mol. The smallest absolute Gasteiger partial charge is 0.346 e. The maximum atomic E-state index is 13.6. The Bertz CT molecular complexity index is 887. The molecule has 1 aromatic rings. The lowest BCUT2D eigenvalue weighted by molar-refractivity contribution is -0.271. The summed E-state index contributed by atoms with van der Waals surface area (Å²) in [6.07, 6.45) is -1.40. The molecule has 1 unspecified atom stereocenters. The van der Waals surface area contributed by atoms with Crippen molar-refractivity contribution in [1.29, 1.82) is 0 Å². The van der Waals surface area contributed by atoms with Crippen LogP contribution in [-0.2, 0) is 16.6 Å². The number of aryl methyl sites for hydroxylation is 1. The van der Waals surface area contributed by atoms with Gasteiger partial charge in [-0.2, -0.15) is 18.1 Å². The second kappa shape index (κ2) is 6.75. The molecule has 1 saturated heterocycles. The van der Waals surface area contributed by atoms with E-state index in [0.29, 0.717) is 30.7 Å². The summed E-state index contributed by atoms with van der Waals surface area (Å²) in [7, 11) is -3.31. The quantitative estimate of drug-likeness (QED) is 0.734. The third-order valence-corrected chi connectivity index (χ3v) is 7.20. The van der Waals surface area contributed by atoms with Gasteiger partial charge in [0.25, 0.3) is 0 Å². The van der Waals surface area contributed by atoms with Gasteiger partial charge in [-0.3, -0.25) is 5.73 Å². The molecule has 4 rings (SSSR count). The minimum atomic E-state index is -4.54. The number of nitrogens with zero attached hydrogens (tertiary/aromatic N) is 4. The van der Waals surface area contributed by atoms with Gasteiger partial charge in [-0.1, -0.05) is 0 Å². The van der Waals surface area contributed by atoms with Crippen LogP contribution in [-0.4, -0.2) is 71.6 Å². The van der Waals surface area contributed by atoms with E-state index in [2.05, 4.69) is 0 Å². The second-order valence-electron chi connectivity index (χ2n) is 7.60. The van der Waals surface area contributed by atoms with Gasteiger partial charge in [0, 0.05) is 38.4 Å². The maximum absolute atomic E-state index is 13.6. The molecule has 1 aromatic heterocycles. The SMILES string of the molecule is CS(=O)(=O)N1CCC(N2C3=C(CCn4cccc43)CN(C(F)(F)F)C2N)CC1.